The zero-order valence-electron chi connectivity index (χ0n) is 10.6. The highest BCUT2D eigenvalue weighted by molar-refractivity contribution is 6.03. The fraction of sp³-hybridized carbons (Fsp3) is 0.833. The van der Waals surface area contributed by atoms with Crippen LogP contribution in [0.15, 0.2) is 0 Å². The molecule has 6 nitrogen and oxygen atoms in total. The summed E-state index contributed by atoms with van der Waals surface area (Å²) in [5.41, 5.74) is -1.37. The summed E-state index contributed by atoms with van der Waals surface area (Å²) < 4.78 is 15.2. The number of carbonyl (C=O) groups excluding carboxylic acids is 1. The lowest BCUT2D eigenvalue weighted by atomic mass is 9.77. The second-order valence-electron chi connectivity index (χ2n) is 4.32. The van der Waals surface area contributed by atoms with Gasteiger partial charge in [0.1, 0.15) is 5.41 Å². The Labute approximate surface area is 106 Å². The zero-order valence-corrected chi connectivity index (χ0v) is 10.6. The van der Waals surface area contributed by atoms with Crippen molar-refractivity contribution in [3.63, 3.8) is 0 Å². The Morgan fingerprint density at radius 3 is 2.83 bits per heavy atom. The van der Waals surface area contributed by atoms with Crippen molar-refractivity contribution in [3.05, 3.63) is 0 Å². The van der Waals surface area contributed by atoms with E-state index in [0.717, 1.165) is 0 Å². The molecule has 6 heteroatoms. The van der Waals surface area contributed by atoms with Gasteiger partial charge in [-0.3, -0.25) is 9.59 Å². The number of carboxylic acid groups (broad SMARTS) is 1. The summed E-state index contributed by atoms with van der Waals surface area (Å²) in [7, 11) is 1.58. The number of ether oxygens (including phenoxy) is 3. The highest BCUT2D eigenvalue weighted by Crippen LogP contribution is 2.30. The second-order valence-corrected chi connectivity index (χ2v) is 4.32. The third-order valence-electron chi connectivity index (χ3n) is 3.09. The monoisotopic (exact) mass is 260 g/mol. The van der Waals surface area contributed by atoms with E-state index in [4.69, 9.17) is 14.2 Å². The van der Waals surface area contributed by atoms with E-state index >= 15 is 0 Å². The molecule has 1 N–H and O–H groups in total. The fourth-order valence-corrected chi connectivity index (χ4v) is 1.95. The quantitative estimate of drug-likeness (QED) is 0.505. The highest BCUT2D eigenvalue weighted by Gasteiger charge is 2.47. The zero-order chi connectivity index (χ0) is 13.4. The summed E-state index contributed by atoms with van der Waals surface area (Å²) in [6.45, 7) is 1.69. The van der Waals surface area contributed by atoms with Crippen molar-refractivity contribution >= 4 is 11.8 Å². The van der Waals surface area contributed by atoms with Gasteiger partial charge in [0.2, 0.25) is 0 Å². The number of Topliss-reactive ketones (excluding diaryl/α,β-unsaturated/α-hetero) is 1. The van der Waals surface area contributed by atoms with Crippen molar-refractivity contribution in [2.75, 3.05) is 40.1 Å². The molecule has 1 heterocycles. The number of hydrogen-bond acceptors (Lipinski definition) is 5. The van der Waals surface area contributed by atoms with Gasteiger partial charge in [-0.05, 0) is 12.8 Å². The molecule has 0 aromatic carbocycles. The van der Waals surface area contributed by atoms with E-state index in [2.05, 4.69) is 0 Å². The molecule has 1 unspecified atom stereocenters. The van der Waals surface area contributed by atoms with E-state index in [1.54, 1.807) is 7.11 Å². The molecule has 0 aromatic heterocycles. The summed E-state index contributed by atoms with van der Waals surface area (Å²) in [4.78, 5) is 23.1. The lowest BCUT2D eigenvalue weighted by Gasteiger charge is -2.31. The number of hydrogen-bond donors (Lipinski definition) is 1. The van der Waals surface area contributed by atoms with Crippen LogP contribution in [0.5, 0.6) is 0 Å². The molecule has 0 aliphatic carbocycles. The van der Waals surface area contributed by atoms with Crippen molar-refractivity contribution in [1.82, 2.24) is 0 Å². The number of carbonyl (C=O) groups is 2. The fourth-order valence-electron chi connectivity index (χ4n) is 1.95. The van der Waals surface area contributed by atoms with Crippen LogP contribution in [-0.4, -0.2) is 57.0 Å². The van der Waals surface area contributed by atoms with Crippen molar-refractivity contribution < 1.29 is 28.9 Å². The Bertz CT molecular complexity index is 290. The molecule has 104 valence electrons. The molecular weight excluding hydrogens is 240 g/mol. The molecule has 1 fully saturated rings. The van der Waals surface area contributed by atoms with Crippen molar-refractivity contribution in [2.45, 2.75) is 19.3 Å². The van der Waals surface area contributed by atoms with E-state index in [0.29, 0.717) is 32.8 Å². The van der Waals surface area contributed by atoms with Gasteiger partial charge < -0.3 is 19.3 Å². The van der Waals surface area contributed by atoms with Gasteiger partial charge in [0.05, 0.1) is 26.4 Å². The second kappa shape index (κ2) is 7.45. The number of rotatable bonds is 8. The maximum absolute atomic E-state index is 11.8. The number of carboxylic acids is 1. The predicted octanol–water partition coefficient (Wildman–Crippen LogP) is 0.490. The molecule has 0 spiro atoms. The average Bonchev–Trinajstić information content (AvgIpc) is 2.35. The van der Waals surface area contributed by atoms with Gasteiger partial charge in [0.25, 0.3) is 0 Å². The van der Waals surface area contributed by atoms with Crippen LogP contribution in [-0.2, 0) is 23.8 Å². The first kappa shape index (κ1) is 15.1. The minimum absolute atomic E-state index is 0.0285. The molecule has 1 rings (SSSR count). The molecule has 0 saturated carbocycles. The summed E-state index contributed by atoms with van der Waals surface area (Å²) in [6, 6.07) is 0. The Balaban J connectivity index is 2.39. The predicted molar refractivity (Wildman–Crippen MR) is 62.4 cm³/mol. The van der Waals surface area contributed by atoms with Crippen molar-refractivity contribution in [1.29, 1.82) is 0 Å². The van der Waals surface area contributed by atoms with Crippen LogP contribution in [0.3, 0.4) is 0 Å². The standard InChI is InChI=1S/C12H20O6/c1-16-7-8-17-5-2-4-12(11(14)15)9-18-6-3-10(12)13/h2-9H2,1H3,(H,14,15). The van der Waals surface area contributed by atoms with Gasteiger partial charge >= 0.3 is 5.97 Å². The first-order chi connectivity index (χ1) is 8.63. The maximum atomic E-state index is 11.8. The average molecular weight is 260 g/mol. The van der Waals surface area contributed by atoms with Crippen LogP contribution in [0.2, 0.25) is 0 Å². The smallest absolute Gasteiger partial charge is 0.319 e. The van der Waals surface area contributed by atoms with Crippen LogP contribution in [0, 0.1) is 5.41 Å². The van der Waals surface area contributed by atoms with Gasteiger partial charge in [-0.1, -0.05) is 0 Å². The third kappa shape index (κ3) is 3.76. The summed E-state index contributed by atoms with van der Waals surface area (Å²) in [5, 5.41) is 9.24. The summed E-state index contributed by atoms with van der Waals surface area (Å²) in [6.07, 6.45) is 0.954. The minimum Gasteiger partial charge on any atom is -0.480 e. The molecule has 0 amide bonds. The van der Waals surface area contributed by atoms with Gasteiger partial charge in [-0.2, -0.15) is 0 Å². The molecular formula is C12H20O6. The summed E-state index contributed by atoms with van der Waals surface area (Å²) >= 11 is 0. The van der Waals surface area contributed by atoms with Crippen LogP contribution in [0.1, 0.15) is 19.3 Å². The molecule has 1 aliphatic heterocycles. The normalized spacial score (nSPS) is 24.2. The molecule has 18 heavy (non-hydrogen) atoms. The van der Waals surface area contributed by atoms with Crippen LogP contribution < -0.4 is 0 Å². The first-order valence-corrected chi connectivity index (χ1v) is 6.04. The molecule has 0 radical (unpaired) electrons. The lowest BCUT2D eigenvalue weighted by molar-refractivity contribution is -0.165. The van der Waals surface area contributed by atoms with Crippen molar-refractivity contribution in [3.8, 4) is 0 Å². The molecule has 1 saturated heterocycles. The van der Waals surface area contributed by atoms with Crippen molar-refractivity contribution in [2.24, 2.45) is 5.41 Å². The largest absolute Gasteiger partial charge is 0.480 e. The summed E-state index contributed by atoms with van der Waals surface area (Å²) in [5.74, 6) is -1.33. The van der Waals surface area contributed by atoms with E-state index in [9.17, 15) is 14.7 Å². The maximum Gasteiger partial charge on any atom is 0.319 e. The number of methoxy groups -OCH3 is 1. The van der Waals surface area contributed by atoms with Crippen LogP contribution in [0.4, 0.5) is 0 Å². The Morgan fingerprint density at radius 1 is 1.44 bits per heavy atom. The van der Waals surface area contributed by atoms with E-state index in [1.807, 2.05) is 0 Å². The third-order valence-corrected chi connectivity index (χ3v) is 3.09. The topological polar surface area (TPSA) is 82.1 Å². The van der Waals surface area contributed by atoms with Gasteiger partial charge in [0.15, 0.2) is 5.78 Å². The van der Waals surface area contributed by atoms with Gasteiger partial charge in [-0.15, -0.1) is 0 Å². The molecule has 0 aromatic rings. The van der Waals surface area contributed by atoms with Gasteiger partial charge in [0, 0.05) is 20.1 Å². The Kier molecular flexibility index (Phi) is 6.24. The Morgan fingerprint density at radius 2 is 2.22 bits per heavy atom. The minimum atomic E-state index is -1.37. The van der Waals surface area contributed by atoms with E-state index < -0.39 is 11.4 Å². The number of aliphatic carboxylic acids is 1. The Hall–Kier alpha value is -0.980. The molecule has 1 atom stereocenters. The lowest BCUT2D eigenvalue weighted by Crippen LogP contribution is -2.47. The number of ketones is 1. The van der Waals surface area contributed by atoms with E-state index in [-0.39, 0.29) is 25.2 Å². The first-order valence-electron chi connectivity index (χ1n) is 6.04. The van der Waals surface area contributed by atoms with Gasteiger partial charge in [-0.25, -0.2) is 0 Å². The van der Waals surface area contributed by atoms with Crippen LogP contribution >= 0.6 is 0 Å². The highest BCUT2D eigenvalue weighted by atomic mass is 16.5. The molecule has 0 bridgehead atoms. The molecule has 1 aliphatic rings. The SMILES string of the molecule is COCCOCCCC1(C(=O)O)COCCC1=O. The van der Waals surface area contributed by atoms with Crippen LogP contribution in [0.25, 0.3) is 0 Å². The van der Waals surface area contributed by atoms with E-state index in [1.165, 1.54) is 0 Å².